The van der Waals surface area contributed by atoms with Crippen LogP contribution in [0.5, 0.6) is 0 Å². The van der Waals surface area contributed by atoms with E-state index in [1.54, 1.807) is 12.1 Å². The van der Waals surface area contributed by atoms with Gasteiger partial charge in [-0.05, 0) is 36.1 Å². The van der Waals surface area contributed by atoms with Gasteiger partial charge in [0.25, 0.3) is 0 Å². The Labute approximate surface area is 97.9 Å². The summed E-state index contributed by atoms with van der Waals surface area (Å²) in [4.78, 5) is 10.7. The molecule has 0 bridgehead atoms. The van der Waals surface area contributed by atoms with Gasteiger partial charge in [-0.15, -0.1) is 0 Å². The van der Waals surface area contributed by atoms with Crippen molar-refractivity contribution in [1.29, 1.82) is 0 Å². The summed E-state index contributed by atoms with van der Waals surface area (Å²) in [7, 11) is 0. The second kappa shape index (κ2) is 4.31. The fraction of sp³-hybridized carbons (Fsp3) is 0.364. The van der Waals surface area contributed by atoms with E-state index in [2.05, 4.69) is 5.32 Å². The van der Waals surface area contributed by atoms with Crippen molar-refractivity contribution in [3.8, 4) is 0 Å². The van der Waals surface area contributed by atoms with Gasteiger partial charge in [0.05, 0.1) is 12.1 Å². The second-order valence-corrected chi connectivity index (χ2v) is 4.31. The van der Waals surface area contributed by atoms with E-state index in [4.69, 9.17) is 16.7 Å². The molecule has 5 heteroatoms. The van der Waals surface area contributed by atoms with Crippen molar-refractivity contribution in [2.24, 2.45) is 0 Å². The maximum absolute atomic E-state index is 10.7. The third-order valence-corrected chi connectivity index (χ3v) is 3.05. The van der Waals surface area contributed by atoms with Gasteiger partial charge in [0.1, 0.15) is 0 Å². The molecule has 0 radical (unpaired) electrons. The van der Waals surface area contributed by atoms with Gasteiger partial charge in [0, 0.05) is 5.02 Å². The highest BCUT2D eigenvalue weighted by Gasteiger charge is 2.29. The van der Waals surface area contributed by atoms with E-state index in [-0.39, 0.29) is 0 Å². The third-order valence-electron chi connectivity index (χ3n) is 2.82. The fourth-order valence-electron chi connectivity index (χ4n) is 2.07. The monoisotopic (exact) mass is 241 g/mol. The molecule has 2 atom stereocenters. The Morgan fingerprint density at radius 2 is 2.25 bits per heavy atom. The molecule has 1 aliphatic rings. The molecule has 1 aliphatic carbocycles. The summed E-state index contributed by atoms with van der Waals surface area (Å²) in [5, 5.41) is 21.4. The number of hydrogen-bond acceptors (Lipinski definition) is 2. The van der Waals surface area contributed by atoms with E-state index in [1.807, 2.05) is 6.07 Å². The van der Waals surface area contributed by atoms with Crippen LogP contribution in [-0.2, 0) is 6.42 Å². The number of benzene rings is 1. The smallest absolute Gasteiger partial charge is 0.405 e. The lowest BCUT2D eigenvalue weighted by atomic mass is 9.86. The number of aliphatic hydroxyl groups is 1. The number of nitrogens with one attached hydrogen (secondary N) is 1. The first kappa shape index (κ1) is 11.2. The third kappa shape index (κ3) is 2.13. The zero-order valence-corrected chi connectivity index (χ0v) is 9.24. The molecule has 3 N–H and O–H groups in total. The number of aliphatic hydroxyl groups excluding tert-OH is 1. The highest BCUT2D eigenvalue weighted by Crippen LogP contribution is 2.31. The normalized spacial score (nSPS) is 23.6. The van der Waals surface area contributed by atoms with E-state index >= 15 is 0 Å². The number of fused-ring (bicyclic) bond motifs is 1. The summed E-state index contributed by atoms with van der Waals surface area (Å²) in [5.74, 6) is 0. The molecule has 0 heterocycles. The molecular weight excluding hydrogens is 230 g/mol. The molecular formula is C11H12ClNO3. The SMILES string of the molecule is O=C(O)N[C@@H]1c2cc(Cl)ccc2CC[C@@H]1O. The van der Waals surface area contributed by atoms with Crippen LogP contribution in [0.15, 0.2) is 18.2 Å². The lowest BCUT2D eigenvalue weighted by molar-refractivity contribution is 0.105. The number of carboxylic acid groups (broad SMARTS) is 1. The average molecular weight is 242 g/mol. The Bertz CT molecular complexity index is 422. The molecule has 2 rings (SSSR count). The maximum Gasteiger partial charge on any atom is 0.405 e. The van der Waals surface area contributed by atoms with E-state index in [1.165, 1.54) is 0 Å². The molecule has 0 aliphatic heterocycles. The molecule has 0 saturated heterocycles. The van der Waals surface area contributed by atoms with Gasteiger partial charge in [0.2, 0.25) is 0 Å². The fourth-order valence-corrected chi connectivity index (χ4v) is 2.25. The summed E-state index contributed by atoms with van der Waals surface area (Å²) < 4.78 is 0. The molecule has 86 valence electrons. The van der Waals surface area contributed by atoms with Gasteiger partial charge in [0.15, 0.2) is 0 Å². The maximum atomic E-state index is 10.7. The van der Waals surface area contributed by atoms with Gasteiger partial charge < -0.3 is 15.5 Å². The molecule has 1 aromatic carbocycles. The minimum absolute atomic E-state index is 0.546. The lowest BCUT2D eigenvalue weighted by Gasteiger charge is -2.30. The van der Waals surface area contributed by atoms with E-state index in [0.717, 1.165) is 17.5 Å². The molecule has 0 aromatic heterocycles. The van der Waals surface area contributed by atoms with Gasteiger partial charge in [-0.25, -0.2) is 4.79 Å². The summed E-state index contributed by atoms with van der Waals surface area (Å²) in [6, 6.07) is 4.77. The second-order valence-electron chi connectivity index (χ2n) is 3.88. The number of halogens is 1. The number of aryl methyl sites for hydroxylation is 1. The van der Waals surface area contributed by atoms with Crippen molar-refractivity contribution in [3.05, 3.63) is 34.3 Å². The van der Waals surface area contributed by atoms with Crippen molar-refractivity contribution in [2.75, 3.05) is 0 Å². The zero-order valence-electron chi connectivity index (χ0n) is 8.48. The minimum atomic E-state index is -1.14. The first-order valence-corrected chi connectivity index (χ1v) is 5.41. The Balaban J connectivity index is 2.38. The lowest BCUT2D eigenvalue weighted by Crippen LogP contribution is -2.38. The quantitative estimate of drug-likeness (QED) is 0.704. The predicted molar refractivity (Wildman–Crippen MR) is 59.7 cm³/mol. The van der Waals surface area contributed by atoms with Crippen molar-refractivity contribution >= 4 is 17.7 Å². The summed E-state index contributed by atoms with van der Waals surface area (Å²) in [6.45, 7) is 0. The van der Waals surface area contributed by atoms with E-state index in [9.17, 15) is 9.90 Å². The molecule has 0 spiro atoms. The van der Waals surface area contributed by atoms with Crippen LogP contribution in [0.25, 0.3) is 0 Å². The molecule has 0 unspecified atom stereocenters. The largest absolute Gasteiger partial charge is 0.465 e. The number of rotatable bonds is 1. The standard InChI is InChI=1S/C11H12ClNO3/c12-7-3-1-6-2-4-9(14)10(8(6)5-7)13-11(15)16/h1,3,5,9-10,13-14H,2,4H2,(H,15,16)/t9-,10+/m0/s1. The number of hydrogen-bond donors (Lipinski definition) is 3. The van der Waals surface area contributed by atoms with Crippen LogP contribution in [0.4, 0.5) is 4.79 Å². The Kier molecular flexibility index (Phi) is 3.03. The zero-order chi connectivity index (χ0) is 11.7. The van der Waals surface area contributed by atoms with Gasteiger partial charge in [-0.2, -0.15) is 0 Å². The Hall–Kier alpha value is -1.26. The molecule has 4 nitrogen and oxygen atoms in total. The Morgan fingerprint density at radius 1 is 1.50 bits per heavy atom. The van der Waals surface area contributed by atoms with Gasteiger partial charge >= 0.3 is 6.09 Å². The summed E-state index contributed by atoms with van der Waals surface area (Å²) in [6.07, 6.45) is -0.538. The average Bonchev–Trinajstić information content (AvgIpc) is 2.22. The highest BCUT2D eigenvalue weighted by atomic mass is 35.5. The molecule has 0 fully saturated rings. The van der Waals surface area contributed by atoms with Crippen LogP contribution >= 0.6 is 11.6 Å². The van der Waals surface area contributed by atoms with Crippen LogP contribution in [0.3, 0.4) is 0 Å². The first-order valence-electron chi connectivity index (χ1n) is 5.04. The van der Waals surface area contributed by atoms with Crippen molar-refractivity contribution in [2.45, 2.75) is 25.0 Å². The summed E-state index contributed by atoms with van der Waals surface area (Å²) in [5.41, 5.74) is 1.81. The van der Waals surface area contributed by atoms with Gasteiger partial charge in [-0.1, -0.05) is 17.7 Å². The van der Waals surface area contributed by atoms with Crippen LogP contribution in [0, 0.1) is 0 Å². The van der Waals surface area contributed by atoms with Gasteiger partial charge in [-0.3, -0.25) is 0 Å². The van der Waals surface area contributed by atoms with Crippen LogP contribution in [0.2, 0.25) is 5.02 Å². The number of amides is 1. The molecule has 16 heavy (non-hydrogen) atoms. The van der Waals surface area contributed by atoms with E-state index in [0.29, 0.717) is 11.4 Å². The summed E-state index contributed by atoms with van der Waals surface area (Å²) >= 11 is 5.87. The Morgan fingerprint density at radius 3 is 2.94 bits per heavy atom. The van der Waals surface area contributed by atoms with E-state index < -0.39 is 18.2 Å². The van der Waals surface area contributed by atoms with Crippen molar-refractivity contribution in [1.82, 2.24) is 5.32 Å². The molecule has 1 amide bonds. The predicted octanol–water partition coefficient (Wildman–Crippen LogP) is 1.96. The van der Waals surface area contributed by atoms with Crippen LogP contribution in [-0.4, -0.2) is 22.4 Å². The van der Waals surface area contributed by atoms with Crippen molar-refractivity contribution < 1.29 is 15.0 Å². The highest BCUT2D eigenvalue weighted by molar-refractivity contribution is 6.30. The number of carbonyl (C=O) groups is 1. The topological polar surface area (TPSA) is 69.6 Å². The minimum Gasteiger partial charge on any atom is -0.465 e. The molecule has 0 saturated carbocycles. The van der Waals surface area contributed by atoms with Crippen LogP contribution < -0.4 is 5.32 Å². The van der Waals surface area contributed by atoms with Crippen molar-refractivity contribution in [3.63, 3.8) is 0 Å². The molecule has 1 aromatic rings. The first-order chi connectivity index (χ1) is 7.58. The van der Waals surface area contributed by atoms with Crippen LogP contribution in [0.1, 0.15) is 23.6 Å².